The lowest BCUT2D eigenvalue weighted by molar-refractivity contribution is 1.03. The monoisotopic (exact) mass is 883 g/mol. The van der Waals surface area contributed by atoms with E-state index in [0.29, 0.717) is 17.5 Å². The third-order valence-corrected chi connectivity index (χ3v) is 14.6. The van der Waals surface area contributed by atoms with Crippen LogP contribution in [0.25, 0.3) is 110 Å². The highest BCUT2D eigenvalue weighted by atomic mass is 32.1. The lowest BCUT2D eigenvalue weighted by Gasteiger charge is -2.16. The summed E-state index contributed by atoms with van der Waals surface area (Å²) in [6, 6.07) is 87.1. The lowest BCUT2D eigenvalue weighted by Crippen LogP contribution is -2.01. The van der Waals surface area contributed by atoms with Crippen molar-refractivity contribution < 1.29 is 0 Å². The maximum Gasteiger partial charge on any atom is 0.164 e. The molecule has 0 spiro atoms. The van der Waals surface area contributed by atoms with Crippen molar-refractivity contribution in [2.75, 3.05) is 0 Å². The number of nitrogens with zero attached hydrogens (tertiary/aromatic N) is 3. The number of hydrogen-bond acceptors (Lipinski definition) is 4. The first-order chi connectivity index (χ1) is 33.7. The molecule has 0 saturated heterocycles. The van der Waals surface area contributed by atoms with Crippen LogP contribution in [-0.4, -0.2) is 15.0 Å². The molecule has 1 aliphatic carbocycles. The minimum atomic E-state index is 0.169. The van der Waals surface area contributed by atoms with Gasteiger partial charge in [-0.05, 0) is 109 Å². The van der Waals surface area contributed by atoms with Crippen molar-refractivity contribution in [2.45, 2.75) is 5.92 Å². The maximum absolute atomic E-state index is 5.33. The lowest BCUT2D eigenvalue weighted by atomic mass is 9.88. The van der Waals surface area contributed by atoms with Crippen LogP contribution < -0.4 is 0 Å². The van der Waals surface area contributed by atoms with Gasteiger partial charge in [-0.2, -0.15) is 0 Å². The average molecular weight is 884 g/mol. The molecule has 1 aliphatic rings. The van der Waals surface area contributed by atoms with Gasteiger partial charge in [0.2, 0.25) is 0 Å². The van der Waals surface area contributed by atoms with E-state index in [1.807, 2.05) is 47.7 Å². The molecular formula is C64H41N3S. The molecule has 0 fully saturated rings. The zero-order chi connectivity index (χ0) is 45.0. The number of aromatic nitrogens is 3. The van der Waals surface area contributed by atoms with E-state index < -0.39 is 0 Å². The van der Waals surface area contributed by atoms with E-state index in [0.717, 1.165) is 50.1 Å². The summed E-state index contributed by atoms with van der Waals surface area (Å²) in [6.07, 6.45) is 0. The van der Waals surface area contributed by atoms with Crippen LogP contribution in [0.2, 0.25) is 0 Å². The van der Waals surface area contributed by atoms with Crippen molar-refractivity contribution in [3.8, 4) is 89.8 Å². The summed E-state index contributed by atoms with van der Waals surface area (Å²) < 4.78 is 2.61. The van der Waals surface area contributed by atoms with Crippen LogP contribution in [0.3, 0.4) is 0 Å². The largest absolute Gasteiger partial charge is 0.208 e. The number of rotatable bonds is 8. The fourth-order valence-corrected chi connectivity index (χ4v) is 11.4. The van der Waals surface area contributed by atoms with E-state index in [-0.39, 0.29) is 5.92 Å². The Balaban J connectivity index is 1.03. The minimum absolute atomic E-state index is 0.169. The maximum atomic E-state index is 5.33. The Morgan fingerprint density at radius 2 is 0.794 bits per heavy atom. The summed E-state index contributed by atoms with van der Waals surface area (Å²) in [7, 11) is 0. The molecule has 68 heavy (non-hydrogen) atoms. The molecule has 1 unspecified atom stereocenters. The molecule has 318 valence electrons. The van der Waals surface area contributed by atoms with Gasteiger partial charge in [-0.15, -0.1) is 11.3 Å². The quantitative estimate of drug-likeness (QED) is 0.153. The molecule has 0 saturated carbocycles. The van der Waals surface area contributed by atoms with Crippen LogP contribution in [0, 0.1) is 0 Å². The summed E-state index contributed by atoms with van der Waals surface area (Å²) in [5.41, 5.74) is 18.6. The zero-order valence-corrected chi connectivity index (χ0v) is 37.7. The predicted molar refractivity (Wildman–Crippen MR) is 284 cm³/mol. The highest BCUT2D eigenvalue weighted by molar-refractivity contribution is 7.26. The first-order valence-electron chi connectivity index (χ1n) is 23.1. The molecular weight excluding hydrogens is 843 g/mol. The smallest absolute Gasteiger partial charge is 0.164 e. The SMILES string of the molecule is c1ccc(-c2cc(-c3ccccc3)cc(-c3ccc(-c4ccc5sc6c7c(ccc6c5c4)-c4ccccc4C7c4ccccc4)c(-c4nc(-c5ccccc5)nc(-c5ccccc5)n4)c3)c2)cc1. The fraction of sp³-hybridized carbons (Fsp3) is 0.0156. The van der Waals surface area contributed by atoms with Crippen molar-refractivity contribution in [3.63, 3.8) is 0 Å². The second-order valence-corrected chi connectivity index (χ2v) is 18.5. The van der Waals surface area contributed by atoms with Crippen LogP contribution in [0.1, 0.15) is 22.6 Å². The minimum Gasteiger partial charge on any atom is -0.208 e. The van der Waals surface area contributed by atoms with Gasteiger partial charge >= 0.3 is 0 Å². The zero-order valence-electron chi connectivity index (χ0n) is 36.9. The van der Waals surface area contributed by atoms with Gasteiger partial charge in [0.1, 0.15) is 0 Å². The van der Waals surface area contributed by atoms with Crippen LogP contribution in [0.15, 0.2) is 243 Å². The van der Waals surface area contributed by atoms with E-state index in [2.05, 4.69) is 206 Å². The summed E-state index contributed by atoms with van der Waals surface area (Å²) in [5.74, 6) is 2.05. The molecule has 13 rings (SSSR count). The number of thiophene rings is 1. The van der Waals surface area contributed by atoms with E-state index in [4.69, 9.17) is 15.0 Å². The molecule has 12 aromatic rings. The second kappa shape index (κ2) is 16.7. The van der Waals surface area contributed by atoms with Gasteiger partial charge < -0.3 is 0 Å². The molecule has 2 heterocycles. The summed E-state index contributed by atoms with van der Waals surface area (Å²) >= 11 is 1.91. The Bertz CT molecular complexity index is 3710. The topological polar surface area (TPSA) is 38.7 Å². The first kappa shape index (κ1) is 39.8. The van der Waals surface area contributed by atoms with Gasteiger partial charge in [0.25, 0.3) is 0 Å². The second-order valence-electron chi connectivity index (χ2n) is 17.5. The Morgan fingerprint density at radius 1 is 0.294 bits per heavy atom. The van der Waals surface area contributed by atoms with E-state index in [1.165, 1.54) is 59.1 Å². The third-order valence-electron chi connectivity index (χ3n) is 13.4. The van der Waals surface area contributed by atoms with Crippen LogP contribution >= 0.6 is 11.3 Å². The number of benzene rings is 10. The molecule has 0 amide bonds. The van der Waals surface area contributed by atoms with Gasteiger partial charge in [-0.25, -0.2) is 15.0 Å². The van der Waals surface area contributed by atoms with Crippen molar-refractivity contribution >= 4 is 31.5 Å². The van der Waals surface area contributed by atoms with Gasteiger partial charge in [0.15, 0.2) is 17.5 Å². The Hall–Kier alpha value is -8.57. The molecule has 4 heteroatoms. The predicted octanol–water partition coefficient (Wildman–Crippen LogP) is 17.1. The van der Waals surface area contributed by atoms with Crippen molar-refractivity contribution in [1.82, 2.24) is 15.0 Å². The summed E-state index contributed by atoms with van der Waals surface area (Å²) in [4.78, 5) is 15.7. The average Bonchev–Trinajstić information content (AvgIpc) is 3.97. The normalized spacial score (nSPS) is 12.9. The highest BCUT2D eigenvalue weighted by Gasteiger charge is 2.32. The van der Waals surface area contributed by atoms with Crippen LogP contribution in [0.4, 0.5) is 0 Å². The van der Waals surface area contributed by atoms with Crippen molar-refractivity contribution in [2.24, 2.45) is 0 Å². The highest BCUT2D eigenvalue weighted by Crippen LogP contribution is 2.53. The molecule has 1 atom stereocenters. The molecule has 0 aliphatic heterocycles. The van der Waals surface area contributed by atoms with Gasteiger partial charge in [-0.3, -0.25) is 0 Å². The Morgan fingerprint density at radius 3 is 1.41 bits per heavy atom. The Kier molecular flexibility index (Phi) is 9.76. The number of hydrogen-bond donors (Lipinski definition) is 0. The van der Waals surface area contributed by atoms with E-state index >= 15 is 0 Å². The third kappa shape index (κ3) is 7.02. The summed E-state index contributed by atoms with van der Waals surface area (Å²) in [5, 5.41) is 2.53. The molecule has 3 nitrogen and oxygen atoms in total. The van der Waals surface area contributed by atoms with Gasteiger partial charge in [-0.1, -0.05) is 206 Å². The molecule has 2 aromatic heterocycles. The first-order valence-corrected chi connectivity index (χ1v) is 23.9. The Labute approximate surface area is 399 Å². The van der Waals surface area contributed by atoms with Crippen molar-refractivity contribution in [1.29, 1.82) is 0 Å². The molecule has 0 bridgehead atoms. The van der Waals surface area contributed by atoms with Gasteiger partial charge in [0.05, 0.1) is 0 Å². The van der Waals surface area contributed by atoms with Gasteiger partial charge in [0, 0.05) is 42.8 Å². The van der Waals surface area contributed by atoms with E-state index in [9.17, 15) is 0 Å². The standard InChI is InChI=1S/C64H41N3S/c1-6-18-41(19-7-1)48-36-49(42-20-8-2-9-21-42)38-50(37-48)46-30-32-51(57(39-46)64-66-62(44-24-12-4-13-25-44)65-63(67-64)45-26-14-5-15-27-45)47-31-35-58-56(40-47)55-34-33-54-52-28-16-17-29-53(52)59(60(54)61(55)68-58)43-22-10-3-11-23-43/h1-40,59H. The molecule has 0 radical (unpaired) electrons. The molecule has 0 N–H and O–H groups in total. The van der Waals surface area contributed by atoms with Crippen molar-refractivity contribution in [3.05, 3.63) is 259 Å². The van der Waals surface area contributed by atoms with Crippen LogP contribution in [-0.2, 0) is 0 Å². The van der Waals surface area contributed by atoms with Crippen LogP contribution in [0.5, 0.6) is 0 Å². The fourth-order valence-electron chi connectivity index (χ4n) is 10.2. The number of fused-ring (bicyclic) bond motifs is 7. The van der Waals surface area contributed by atoms with E-state index in [1.54, 1.807) is 0 Å². The summed E-state index contributed by atoms with van der Waals surface area (Å²) in [6.45, 7) is 0. The molecule has 10 aromatic carbocycles.